The predicted octanol–water partition coefficient (Wildman–Crippen LogP) is 2.57. The molecule has 1 aliphatic heterocycles. The van der Waals surface area contributed by atoms with Crippen LogP contribution in [-0.4, -0.2) is 42.6 Å². The lowest BCUT2D eigenvalue weighted by Crippen LogP contribution is -2.43. The summed E-state index contributed by atoms with van der Waals surface area (Å²) in [6, 6.07) is 6.67. The Bertz CT molecular complexity index is 552. The van der Waals surface area contributed by atoms with E-state index in [1.807, 2.05) is 0 Å². The maximum atomic E-state index is 3.47. The predicted molar refractivity (Wildman–Crippen MR) is 85.3 cm³/mol. The third kappa shape index (κ3) is 2.89. The summed E-state index contributed by atoms with van der Waals surface area (Å²) in [5.41, 5.74) is 4.24. The SMILES string of the molecule is CCc1cccc2c(CCCN3CCNCC3)c[nH]c12. The van der Waals surface area contributed by atoms with Crippen molar-refractivity contribution in [2.45, 2.75) is 26.2 Å². The van der Waals surface area contributed by atoms with Crippen LogP contribution in [0, 0.1) is 0 Å². The van der Waals surface area contributed by atoms with Gasteiger partial charge < -0.3 is 15.2 Å². The normalized spacial score (nSPS) is 16.9. The van der Waals surface area contributed by atoms with Crippen LogP contribution in [0.2, 0.25) is 0 Å². The summed E-state index contributed by atoms with van der Waals surface area (Å²) in [6.45, 7) is 8.14. The van der Waals surface area contributed by atoms with Gasteiger partial charge in [-0.25, -0.2) is 0 Å². The second-order valence-corrected chi connectivity index (χ2v) is 5.70. The van der Waals surface area contributed by atoms with Crippen LogP contribution in [0.15, 0.2) is 24.4 Å². The first kappa shape index (κ1) is 13.7. The number of aryl methyl sites for hydroxylation is 2. The molecule has 2 N–H and O–H groups in total. The lowest BCUT2D eigenvalue weighted by atomic mass is 10.0. The molecule has 0 radical (unpaired) electrons. The molecule has 0 saturated carbocycles. The lowest BCUT2D eigenvalue weighted by Gasteiger charge is -2.26. The van der Waals surface area contributed by atoms with Gasteiger partial charge in [0.25, 0.3) is 0 Å². The zero-order valence-electron chi connectivity index (χ0n) is 12.4. The molecule has 108 valence electrons. The van der Waals surface area contributed by atoms with E-state index in [0.717, 1.165) is 19.5 Å². The molecule has 20 heavy (non-hydrogen) atoms. The van der Waals surface area contributed by atoms with Crippen LogP contribution in [0.3, 0.4) is 0 Å². The second kappa shape index (κ2) is 6.42. The van der Waals surface area contributed by atoms with Crippen molar-refractivity contribution in [2.75, 3.05) is 32.7 Å². The van der Waals surface area contributed by atoms with Gasteiger partial charge in [-0.15, -0.1) is 0 Å². The second-order valence-electron chi connectivity index (χ2n) is 5.70. The van der Waals surface area contributed by atoms with Crippen molar-refractivity contribution in [3.05, 3.63) is 35.5 Å². The van der Waals surface area contributed by atoms with Crippen LogP contribution in [0.25, 0.3) is 10.9 Å². The summed E-state index contributed by atoms with van der Waals surface area (Å²) in [5, 5.41) is 4.83. The maximum absolute atomic E-state index is 3.47. The molecule has 3 heteroatoms. The number of aromatic nitrogens is 1. The minimum Gasteiger partial charge on any atom is -0.361 e. The number of nitrogens with zero attached hydrogens (tertiary/aromatic N) is 1. The summed E-state index contributed by atoms with van der Waals surface area (Å²) in [5.74, 6) is 0. The highest BCUT2D eigenvalue weighted by Crippen LogP contribution is 2.23. The zero-order valence-corrected chi connectivity index (χ0v) is 12.4. The highest BCUT2D eigenvalue weighted by Gasteiger charge is 2.10. The van der Waals surface area contributed by atoms with E-state index in [9.17, 15) is 0 Å². The Kier molecular flexibility index (Phi) is 4.38. The minimum absolute atomic E-state index is 1.10. The number of H-pyrrole nitrogens is 1. The topological polar surface area (TPSA) is 31.1 Å². The number of nitrogens with one attached hydrogen (secondary N) is 2. The largest absolute Gasteiger partial charge is 0.361 e. The van der Waals surface area contributed by atoms with Crippen LogP contribution in [-0.2, 0) is 12.8 Å². The van der Waals surface area contributed by atoms with E-state index in [1.54, 1.807) is 0 Å². The van der Waals surface area contributed by atoms with Crippen molar-refractivity contribution in [3.63, 3.8) is 0 Å². The number of piperazine rings is 1. The summed E-state index contributed by atoms with van der Waals surface area (Å²) in [6.07, 6.45) is 5.74. The average molecular weight is 271 g/mol. The lowest BCUT2D eigenvalue weighted by molar-refractivity contribution is 0.238. The molecule has 1 aromatic heterocycles. The number of rotatable bonds is 5. The molecule has 1 fully saturated rings. The number of para-hydroxylation sites is 1. The van der Waals surface area contributed by atoms with E-state index in [4.69, 9.17) is 0 Å². The quantitative estimate of drug-likeness (QED) is 0.875. The minimum atomic E-state index is 1.10. The van der Waals surface area contributed by atoms with E-state index in [0.29, 0.717) is 0 Å². The van der Waals surface area contributed by atoms with E-state index in [1.165, 1.54) is 54.5 Å². The first-order chi connectivity index (χ1) is 9.88. The van der Waals surface area contributed by atoms with Crippen molar-refractivity contribution in [2.24, 2.45) is 0 Å². The third-order valence-corrected chi connectivity index (χ3v) is 4.40. The van der Waals surface area contributed by atoms with Crippen LogP contribution in [0.4, 0.5) is 0 Å². The fourth-order valence-electron chi connectivity index (χ4n) is 3.20. The van der Waals surface area contributed by atoms with Gasteiger partial charge in [0.1, 0.15) is 0 Å². The highest BCUT2D eigenvalue weighted by molar-refractivity contribution is 5.86. The molecule has 3 rings (SSSR count). The molecule has 2 heterocycles. The van der Waals surface area contributed by atoms with Gasteiger partial charge in [0.2, 0.25) is 0 Å². The number of fused-ring (bicyclic) bond motifs is 1. The van der Waals surface area contributed by atoms with Crippen LogP contribution >= 0.6 is 0 Å². The molecule has 1 saturated heterocycles. The maximum Gasteiger partial charge on any atom is 0.0489 e. The van der Waals surface area contributed by atoms with Crippen molar-refractivity contribution in [1.82, 2.24) is 15.2 Å². The number of aromatic amines is 1. The first-order valence-corrected chi connectivity index (χ1v) is 7.89. The standard InChI is InChI=1S/C17H25N3/c1-2-14-5-3-7-16-15(13-19-17(14)16)6-4-10-20-11-8-18-9-12-20/h3,5,7,13,18-19H,2,4,6,8-12H2,1H3. The van der Waals surface area contributed by atoms with Gasteiger partial charge in [-0.3, -0.25) is 0 Å². The van der Waals surface area contributed by atoms with E-state index < -0.39 is 0 Å². The van der Waals surface area contributed by atoms with E-state index >= 15 is 0 Å². The summed E-state index contributed by atoms with van der Waals surface area (Å²) in [4.78, 5) is 6.04. The fourth-order valence-corrected chi connectivity index (χ4v) is 3.20. The Labute approximate surface area is 121 Å². The molecular formula is C17H25N3. The molecule has 1 aliphatic rings. The third-order valence-electron chi connectivity index (χ3n) is 4.40. The van der Waals surface area contributed by atoms with Gasteiger partial charge in [0, 0.05) is 43.3 Å². The zero-order chi connectivity index (χ0) is 13.8. The Morgan fingerprint density at radius 2 is 2.00 bits per heavy atom. The Hall–Kier alpha value is -1.32. The monoisotopic (exact) mass is 271 g/mol. The van der Waals surface area contributed by atoms with Crippen LogP contribution in [0.5, 0.6) is 0 Å². The molecule has 2 aromatic rings. The van der Waals surface area contributed by atoms with Crippen molar-refractivity contribution >= 4 is 10.9 Å². The number of benzene rings is 1. The van der Waals surface area contributed by atoms with E-state index in [2.05, 4.69) is 46.5 Å². The molecule has 0 atom stereocenters. The summed E-state index contributed by atoms with van der Waals surface area (Å²) >= 11 is 0. The summed E-state index contributed by atoms with van der Waals surface area (Å²) in [7, 11) is 0. The van der Waals surface area contributed by atoms with Gasteiger partial charge >= 0.3 is 0 Å². The van der Waals surface area contributed by atoms with Gasteiger partial charge in [-0.2, -0.15) is 0 Å². The van der Waals surface area contributed by atoms with Crippen LogP contribution in [0.1, 0.15) is 24.5 Å². The Morgan fingerprint density at radius 1 is 1.15 bits per heavy atom. The van der Waals surface area contributed by atoms with Gasteiger partial charge in [-0.1, -0.05) is 25.1 Å². The summed E-state index contributed by atoms with van der Waals surface area (Å²) < 4.78 is 0. The molecular weight excluding hydrogens is 246 g/mol. The first-order valence-electron chi connectivity index (χ1n) is 7.89. The average Bonchev–Trinajstić information content (AvgIpc) is 2.92. The number of hydrogen-bond acceptors (Lipinski definition) is 2. The molecule has 0 aliphatic carbocycles. The molecule has 0 bridgehead atoms. The fraction of sp³-hybridized carbons (Fsp3) is 0.529. The van der Waals surface area contributed by atoms with Crippen molar-refractivity contribution < 1.29 is 0 Å². The number of hydrogen-bond donors (Lipinski definition) is 2. The molecule has 0 amide bonds. The van der Waals surface area contributed by atoms with Crippen molar-refractivity contribution in [1.29, 1.82) is 0 Å². The van der Waals surface area contributed by atoms with Gasteiger partial charge in [0.05, 0.1) is 0 Å². The Morgan fingerprint density at radius 3 is 2.80 bits per heavy atom. The van der Waals surface area contributed by atoms with Gasteiger partial charge in [-0.05, 0) is 36.9 Å². The molecule has 0 unspecified atom stereocenters. The van der Waals surface area contributed by atoms with Crippen molar-refractivity contribution in [3.8, 4) is 0 Å². The molecule has 0 spiro atoms. The highest BCUT2D eigenvalue weighted by atomic mass is 15.2. The molecule has 3 nitrogen and oxygen atoms in total. The van der Waals surface area contributed by atoms with Gasteiger partial charge in [0.15, 0.2) is 0 Å². The van der Waals surface area contributed by atoms with E-state index in [-0.39, 0.29) is 0 Å². The smallest absolute Gasteiger partial charge is 0.0489 e. The Balaban J connectivity index is 1.62. The molecule has 1 aromatic carbocycles. The van der Waals surface area contributed by atoms with Crippen LogP contribution < -0.4 is 5.32 Å².